The summed E-state index contributed by atoms with van der Waals surface area (Å²) in [5, 5.41) is 3.94. The van der Waals surface area contributed by atoms with Crippen molar-refractivity contribution >= 4 is 33.3 Å². The average molecular weight is 291 g/mol. The van der Waals surface area contributed by atoms with Gasteiger partial charge in [0.1, 0.15) is 0 Å². The van der Waals surface area contributed by atoms with Gasteiger partial charge in [0, 0.05) is 6.42 Å². The third-order valence-electron chi connectivity index (χ3n) is 2.58. The predicted octanol–water partition coefficient (Wildman–Crippen LogP) is 3.92. The summed E-state index contributed by atoms with van der Waals surface area (Å²) < 4.78 is 7.46. The van der Waals surface area contributed by atoms with Crippen LogP contribution in [0.2, 0.25) is 0 Å². The molecule has 98 valence electrons. The summed E-state index contributed by atoms with van der Waals surface area (Å²) in [6.45, 7) is 2.10. The first kappa shape index (κ1) is 12.6. The number of aryl methyl sites for hydroxylation is 1. The third kappa shape index (κ3) is 2.96. The lowest BCUT2D eigenvalue weighted by molar-refractivity contribution is 0.384. The lowest BCUT2D eigenvalue weighted by atomic mass is 10.3. The second kappa shape index (κ2) is 5.71. The van der Waals surface area contributed by atoms with Gasteiger partial charge in [-0.05, 0) is 18.6 Å². The minimum Gasteiger partial charge on any atom is -0.338 e. The molecular formula is C13H13N3OS2. The molecule has 1 aromatic carbocycles. The van der Waals surface area contributed by atoms with Crippen molar-refractivity contribution in [2.75, 3.05) is 0 Å². The van der Waals surface area contributed by atoms with Gasteiger partial charge in [-0.2, -0.15) is 4.98 Å². The molecule has 6 heteroatoms. The van der Waals surface area contributed by atoms with Gasteiger partial charge >= 0.3 is 0 Å². The van der Waals surface area contributed by atoms with Gasteiger partial charge in [0.2, 0.25) is 5.89 Å². The molecule has 0 radical (unpaired) electrons. The minimum atomic E-state index is 0.674. The zero-order chi connectivity index (χ0) is 13.1. The number of hydrogen-bond donors (Lipinski definition) is 0. The van der Waals surface area contributed by atoms with Crippen LogP contribution in [0.15, 0.2) is 33.1 Å². The van der Waals surface area contributed by atoms with Crippen LogP contribution in [0.1, 0.15) is 25.1 Å². The highest BCUT2D eigenvalue weighted by Crippen LogP contribution is 2.30. The van der Waals surface area contributed by atoms with Crippen LogP contribution < -0.4 is 0 Å². The number of thioether (sulfide) groups is 1. The average Bonchev–Trinajstić information content (AvgIpc) is 3.02. The Morgan fingerprint density at radius 1 is 1.26 bits per heavy atom. The van der Waals surface area contributed by atoms with Crippen LogP contribution in [-0.2, 0) is 12.2 Å². The van der Waals surface area contributed by atoms with Gasteiger partial charge in [0.25, 0.3) is 0 Å². The Bertz CT molecular complexity index is 644. The topological polar surface area (TPSA) is 51.8 Å². The third-order valence-corrected chi connectivity index (χ3v) is 4.74. The first-order valence-corrected chi connectivity index (χ1v) is 7.95. The number of benzene rings is 1. The van der Waals surface area contributed by atoms with Gasteiger partial charge in [-0.25, -0.2) is 4.98 Å². The number of fused-ring (bicyclic) bond motifs is 1. The first-order valence-electron chi connectivity index (χ1n) is 6.15. The lowest BCUT2D eigenvalue weighted by Gasteiger charge is -1.90. The zero-order valence-corrected chi connectivity index (χ0v) is 12.1. The van der Waals surface area contributed by atoms with Gasteiger partial charge < -0.3 is 4.52 Å². The van der Waals surface area contributed by atoms with Gasteiger partial charge in [-0.1, -0.05) is 36.0 Å². The van der Waals surface area contributed by atoms with Crippen molar-refractivity contribution in [2.45, 2.75) is 29.9 Å². The summed E-state index contributed by atoms with van der Waals surface area (Å²) in [5.41, 5.74) is 1.05. The molecule has 0 bridgehead atoms. The van der Waals surface area contributed by atoms with Crippen LogP contribution in [-0.4, -0.2) is 15.1 Å². The Kier molecular flexibility index (Phi) is 3.79. The molecule has 4 nitrogen and oxygen atoms in total. The van der Waals surface area contributed by atoms with E-state index in [9.17, 15) is 0 Å². The fraction of sp³-hybridized carbons (Fsp3) is 0.308. The van der Waals surface area contributed by atoms with Crippen molar-refractivity contribution in [3.8, 4) is 0 Å². The van der Waals surface area contributed by atoms with Crippen LogP contribution in [0.4, 0.5) is 0 Å². The number of para-hydroxylation sites is 1. The maximum Gasteiger partial charge on any atom is 0.237 e. The van der Waals surface area contributed by atoms with E-state index in [4.69, 9.17) is 4.52 Å². The first-order chi connectivity index (χ1) is 9.35. The largest absolute Gasteiger partial charge is 0.338 e. The van der Waals surface area contributed by atoms with E-state index < -0.39 is 0 Å². The fourth-order valence-corrected chi connectivity index (χ4v) is 3.62. The zero-order valence-electron chi connectivity index (χ0n) is 10.5. The molecule has 19 heavy (non-hydrogen) atoms. The number of rotatable bonds is 5. The summed E-state index contributed by atoms with van der Waals surface area (Å²) in [6.07, 6.45) is 1.90. The van der Waals surface area contributed by atoms with E-state index in [0.29, 0.717) is 11.6 Å². The highest BCUT2D eigenvalue weighted by Gasteiger charge is 2.08. The van der Waals surface area contributed by atoms with Crippen molar-refractivity contribution in [1.82, 2.24) is 15.1 Å². The summed E-state index contributed by atoms with van der Waals surface area (Å²) in [7, 11) is 0. The van der Waals surface area contributed by atoms with Crippen LogP contribution in [0.3, 0.4) is 0 Å². The molecule has 0 aliphatic rings. The van der Waals surface area contributed by atoms with E-state index in [1.807, 2.05) is 18.2 Å². The van der Waals surface area contributed by atoms with Crippen LogP contribution in [0.25, 0.3) is 10.2 Å². The Balaban J connectivity index is 1.67. The van der Waals surface area contributed by atoms with E-state index >= 15 is 0 Å². The molecule has 3 rings (SSSR count). The van der Waals surface area contributed by atoms with Crippen molar-refractivity contribution in [3.05, 3.63) is 36.0 Å². The fourth-order valence-electron chi connectivity index (χ4n) is 1.71. The molecule has 0 saturated carbocycles. The Morgan fingerprint density at radius 3 is 3.00 bits per heavy atom. The van der Waals surface area contributed by atoms with E-state index in [2.05, 4.69) is 28.1 Å². The Hall–Kier alpha value is -1.40. The van der Waals surface area contributed by atoms with Crippen molar-refractivity contribution in [2.24, 2.45) is 0 Å². The second-order valence-electron chi connectivity index (χ2n) is 4.09. The lowest BCUT2D eigenvalue weighted by Crippen LogP contribution is -1.86. The minimum absolute atomic E-state index is 0.674. The molecule has 0 saturated heterocycles. The van der Waals surface area contributed by atoms with Crippen molar-refractivity contribution < 1.29 is 4.52 Å². The van der Waals surface area contributed by atoms with Crippen LogP contribution >= 0.6 is 23.1 Å². The van der Waals surface area contributed by atoms with Crippen molar-refractivity contribution in [1.29, 1.82) is 0 Å². The Labute approximate surface area is 119 Å². The number of nitrogens with zero attached hydrogens (tertiary/aromatic N) is 3. The second-order valence-corrected chi connectivity index (χ2v) is 6.34. The van der Waals surface area contributed by atoms with Gasteiger partial charge in [-0.3, -0.25) is 0 Å². The maximum absolute atomic E-state index is 5.21. The predicted molar refractivity (Wildman–Crippen MR) is 77.5 cm³/mol. The van der Waals surface area contributed by atoms with Crippen LogP contribution in [0.5, 0.6) is 0 Å². The smallest absolute Gasteiger partial charge is 0.237 e. The SMILES string of the molecule is CCCc1noc(CSc2nc3ccccc3s2)n1. The van der Waals surface area contributed by atoms with Gasteiger partial charge in [0.15, 0.2) is 10.2 Å². The molecule has 0 fully saturated rings. The van der Waals surface area contributed by atoms with Gasteiger partial charge in [-0.15, -0.1) is 11.3 Å². The van der Waals surface area contributed by atoms with E-state index in [1.54, 1.807) is 23.1 Å². The monoisotopic (exact) mass is 291 g/mol. The molecule has 0 unspecified atom stereocenters. The Morgan fingerprint density at radius 2 is 2.16 bits per heavy atom. The number of thiazole rings is 1. The number of hydrogen-bond acceptors (Lipinski definition) is 6. The van der Waals surface area contributed by atoms with Gasteiger partial charge in [0.05, 0.1) is 16.0 Å². The number of aromatic nitrogens is 3. The van der Waals surface area contributed by atoms with E-state index in [-0.39, 0.29) is 0 Å². The molecule has 3 aromatic rings. The normalized spacial score (nSPS) is 11.2. The molecular weight excluding hydrogens is 278 g/mol. The molecule has 0 N–H and O–H groups in total. The molecule has 2 heterocycles. The van der Waals surface area contributed by atoms with E-state index in [1.165, 1.54) is 4.70 Å². The molecule has 0 aliphatic carbocycles. The van der Waals surface area contributed by atoms with E-state index in [0.717, 1.165) is 28.5 Å². The quantitative estimate of drug-likeness (QED) is 0.667. The summed E-state index contributed by atoms with van der Waals surface area (Å²) >= 11 is 3.34. The summed E-state index contributed by atoms with van der Waals surface area (Å²) in [4.78, 5) is 8.91. The molecule has 0 amide bonds. The summed E-state index contributed by atoms with van der Waals surface area (Å²) in [5.74, 6) is 2.14. The molecule has 2 aromatic heterocycles. The van der Waals surface area contributed by atoms with Crippen molar-refractivity contribution in [3.63, 3.8) is 0 Å². The molecule has 0 spiro atoms. The highest BCUT2D eigenvalue weighted by atomic mass is 32.2. The van der Waals surface area contributed by atoms with Crippen LogP contribution in [0, 0.1) is 0 Å². The highest BCUT2D eigenvalue weighted by molar-refractivity contribution is 8.00. The molecule has 0 aliphatic heterocycles. The molecule has 0 atom stereocenters. The summed E-state index contributed by atoms with van der Waals surface area (Å²) in [6, 6.07) is 8.15. The standard InChI is InChI=1S/C13H13N3OS2/c1-2-5-11-15-12(17-16-11)8-18-13-14-9-6-3-4-7-10(9)19-13/h3-4,6-7H,2,5,8H2,1H3. The maximum atomic E-state index is 5.21.